The van der Waals surface area contributed by atoms with Crippen LogP contribution >= 0.6 is 0 Å². The first-order chi connectivity index (χ1) is 9.97. The van der Waals surface area contributed by atoms with Crippen LogP contribution in [0.1, 0.15) is 10.4 Å². The standard InChI is InChI=1S/C18H19NOSi/c1-21(2,3)15-14-19(17-12-8-5-9-13-17)18(20)16-10-6-4-7-11-16/h4-13H,1-3H3. The van der Waals surface area contributed by atoms with Crippen LogP contribution in [0.25, 0.3) is 0 Å². The van der Waals surface area contributed by atoms with Gasteiger partial charge >= 0.3 is 0 Å². The molecule has 106 valence electrons. The SMILES string of the molecule is C[Si](C)(C)C#CN(C(=O)c1ccccc1)c1ccccc1. The number of carbonyl (C=O) groups is 1. The van der Waals surface area contributed by atoms with E-state index in [1.165, 1.54) is 0 Å². The molecular weight excluding hydrogens is 274 g/mol. The minimum Gasteiger partial charge on any atom is -0.268 e. The van der Waals surface area contributed by atoms with Gasteiger partial charge in [0, 0.05) is 11.6 Å². The number of anilines is 1. The molecule has 0 aromatic heterocycles. The van der Waals surface area contributed by atoms with Crippen LogP contribution in [0.15, 0.2) is 60.7 Å². The summed E-state index contributed by atoms with van der Waals surface area (Å²) in [6.07, 6.45) is 0. The van der Waals surface area contributed by atoms with Gasteiger partial charge in [-0.3, -0.25) is 4.79 Å². The molecule has 0 spiro atoms. The number of benzene rings is 2. The van der Waals surface area contributed by atoms with E-state index in [1.807, 2.05) is 60.7 Å². The van der Waals surface area contributed by atoms with Crippen LogP contribution in [-0.2, 0) is 0 Å². The normalized spacial score (nSPS) is 10.4. The fraction of sp³-hybridized carbons (Fsp3) is 0.167. The van der Waals surface area contributed by atoms with Gasteiger partial charge in [0.25, 0.3) is 5.91 Å². The van der Waals surface area contributed by atoms with Gasteiger partial charge in [-0.05, 0) is 24.3 Å². The maximum atomic E-state index is 12.7. The quantitative estimate of drug-likeness (QED) is 0.462. The summed E-state index contributed by atoms with van der Waals surface area (Å²) >= 11 is 0. The van der Waals surface area contributed by atoms with Gasteiger partial charge in [0.1, 0.15) is 8.07 Å². The Hall–Kier alpha value is -2.31. The summed E-state index contributed by atoms with van der Waals surface area (Å²) in [6.45, 7) is 6.49. The van der Waals surface area contributed by atoms with E-state index in [4.69, 9.17) is 0 Å². The van der Waals surface area contributed by atoms with Crippen molar-refractivity contribution in [2.75, 3.05) is 4.90 Å². The maximum absolute atomic E-state index is 12.7. The first-order valence-electron chi connectivity index (χ1n) is 6.95. The lowest BCUT2D eigenvalue weighted by Crippen LogP contribution is -2.27. The van der Waals surface area contributed by atoms with Crippen molar-refractivity contribution in [2.24, 2.45) is 0 Å². The molecule has 0 saturated heterocycles. The molecule has 0 radical (unpaired) electrons. The number of nitrogens with zero attached hydrogens (tertiary/aromatic N) is 1. The largest absolute Gasteiger partial charge is 0.270 e. The zero-order chi connectivity index (χ0) is 15.3. The van der Waals surface area contributed by atoms with E-state index < -0.39 is 8.07 Å². The second-order valence-electron chi connectivity index (χ2n) is 5.83. The molecule has 0 N–H and O–H groups in total. The molecule has 0 aliphatic carbocycles. The van der Waals surface area contributed by atoms with Crippen LogP contribution in [0.5, 0.6) is 0 Å². The Kier molecular flexibility index (Phi) is 4.61. The number of rotatable bonds is 2. The molecule has 21 heavy (non-hydrogen) atoms. The van der Waals surface area contributed by atoms with Gasteiger partial charge < -0.3 is 0 Å². The van der Waals surface area contributed by atoms with E-state index in [9.17, 15) is 4.79 Å². The lowest BCUT2D eigenvalue weighted by molar-refractivity contribution is 0.1000. The van der Waals surface area contributed by atoms with Crippen LogP contribution < -0.4 is 4.90 Å². The van der Waals surface area contributed by atoms with Crippen molar-refractivity contribution in [1.29, 1.82) is 0 Å². The lowest BCUT2D eigenvalue weighted by Gasteiger charge is -2.17. The van der Waals surface area contributed by atoms with Gasteiger partial charge in [-0.1, -0.05) is 56.0 Å². The van der Waals surface area contributed by atoms with Crippen molar-refractivity contribution >= 4 is 19.7 Å². The van der Waals surface area contributed by atoms with Crippen molar-refractivity contribution in [2.45, 2.75) is 19.6 Å². The molecule has 0 saturated carbocycles. The third-order valence-electron chi connectivity index (χ3n) is 2.78. The average Bonchev–Trinajstić information content (AvgIpc) is 2.48. The molecule has 0 bridgehead atoms. The number of amides is 1. The van der Waals surface area contributed by atoms with E-state index in [0.29, 0.717) is 5.56 Å². The van der Waals surface area contributed by atoms with Crippen molar-refractivity contribution in [1.82, 2.24) is 0 Å². The summed E-state index contributed by atoms with van der Waals surface area (Å²) in [6, 6.07) is 21.9. The van der Waals surface area contributed by atoms with E-state index in [0.717, 1.165) is 5.69 Å². The molecule has 0 aliphatic heterocycles. The molecule has 0 heterocycles. The fourth-order valence-corrected chi connectivity index (χ4v) is 2.19. The van der Waals surface area contributed by atoms with Gasteiger partial charge in [-0.2, -0.15) is 0 Å². The van der Waals surface area contributed by atoms with Crippen LogP contribution in [0.2, 0.25) is 19.6 Å². The highest BCUT2D eigenvalue weighted by Crippen LogP contribution is 2.16. The summed E-state index contributed by atoms with van der Waals surface area (Å²) < 4.78 is 0. The Morgan fingerprint density at radius 2 is 1.43 bits per heavy atom. The molecule has 2 aromatic carbocycles. The molecule has 0 aliphatic rings. The minimum absolute atomic E-state index is 0.0902. The lowest BCUT2D eigenvalue weighted by atomic mass is 10.2. The average molecular weight is 293 g/mol. The zero-order valence-corrected chi connectivity index (χ0v) is 13.6. The Morgan fingerprint density at radius 3 is 1.95 bits per heavy atom. The third-order valence-corrected chi connectivity index (χ3v) is 3.64. The summed E-state index contributed by atoms with van der Waals surface area (Å²) in [5.41, 5.74) is 4.71. The molecule has 3 heteroatoms. The number of carbonyl (C=O) groups excluding carboxylic acids is 1. The fourth-order valence-electron chi connectivity index (χ4n) is 1.74. The highest BCUT2D eigenvalue weighted by molar-refractivity contribution is 6.83. The molecule has 0 atom stereocenters. The van der Waals surface area contributed by atoms with Gasteiger partial charge in [0.2, 0.25) is 0 Å². The molecule has 0 fully saturated rings. The predicted octanol–water partition coefficient (Wildman–Crippen LogP) is 4.17. The molecule has 2 aromatic rings. The van der Waals surface area contributed by atoms with Crippen molar-refractivity contribution in [3.05, 3.63) is 66.2 Å². The molecule has 2 nitrogen and oxygen atoms in total. The Bertz CT molecular complexity index is 663. The van der Waals surface area contributed by atoms with Gasteiger partial charge in [0.05, 0.1) is 5.69 Å². The smallest absolute Gasteiger partial charge is 0.268 e. The first-order valence-corrected chi connectivity index (χ1v) is 10.4. The second kappa shape index (κ2) is 6.42. The van der Waals surface area contributed by atoms with Gasteiger partial charge in [0.15, 0.2) is 0 Å². The van der Waals surface area contributed by atoms with Crippen LogP contribution in [0.3, 0.4) is 0 Å². The summed E-state index contributed by atoms with van der Waals surface area (Å²) in [4.78, 5) is 14.3. The minimum atomic E-state index is -1.55. The third kappa shape index (κ3) is 4.33. The summed E-state index contributed by atoms with van der Waals surface area (Å²) in [5.74, 6) is -0.0902. The predicted molar refractivity (Wildman–Crippen MR) is 90.8 cm³/mol. The van der Waals surface area contributed by atoms with E-state index in [-0.39, 0.29) is 5.91 Å². The van der Waals surface area contributed by atoms with E-state index in [1.54, 1.807) is 4.90 Å². The van der Waals surface area contributed by atoms with Crippen molar-refractivity contribution < 1.29 is 4.79 Å². The number of hydrogen-bond acceptors (Lipinski definition) is 1. The van der Waals surface area contributed by atoms with Gasteiger partial charge in [-0.25, -0.2) is 4.90 Å². The maximum Gasteiger partial charge on any atom is 0.270 e. The topological polar surface area (TPSA) is 20.3 Å². The Morgan fingerprint density at radius 1 is 0.905 bits per heavy atom. The molecule has 2 rings (SSSR count). The monoisotopic (exact) mass is 293 g/mol. The highest BCUT2D eigenvalue weighted by Gasteiger charge is 2.16. The Labute approximate surface area is 127 Å². The van der Waals surface area contributed by atoms with Crippen LogP contribution in [0, 0.1) is 11.6 Å². The van der Waals surface area contributed by atoms with Crippen LogP contribution in [-0.4, -0.2) is 14.0 Å². The van der Waals surface area contributed by atoms with Gasteiger partial charge in [-0.15, -0.1) is 5.54 Å². The van der Waals surface area contributed by atoms with E-state index >= 15 is 0 Å². The molecule has 0 unspecified atom stereocenters. The first kappa shape index (κ1) is 15.1. The second-order valence-corrected chi connectivity index (χ2v) is 10.6. The van der Waals surface area contributed by atoms with Crippen LogP contribution in [0.4, 0.5) is 5.69 Å². The summed E-state index contributed by atoms with van der Waals surface area (Å²) in [7, 11) is -1.55. The molecule has 1 amide bonds. The number of para-hydroxylation sites is 1. The molecular formula is C18H19NOSi. The number of hydrogen-bond donors (Lipinski definition) is 0. The zero-order valence-electron chi connectivity index (χ0n) is 12.6. The Balaban J connectivity index is 2.41. The van der Waals surface area contributed by atoms with Crippen molar-refractivity contribution in [3.63, 3.8) is 0 Å². The highest BCUT2D eigenvalue weighted by atomic mass is 28.3. The van der Waals surface area contributed by atoms with E-state index in [2.05, 4.69) is 31.2 Å². The van der Waals surface area contributed by atoms with Crippen molar-refractivity contribution in [3.8, 4) is 11.6 Å². The summed E-state index contributed by atoms with van der Waals surface area (Å²) in [5, 5.41) is 0.